The van der Waals surface area contributed by atoms with E-state index >= 15 is 0 Å². The van der Waals surface area contributed by atoms with Crippen LogP contribution in [0.15, 0.2) is 97.6 Å². The Morgan fingerprint density at radius 1 is 0.702 bits per heavy atom. The highest BCUT2D eigenvalue weighted by atomic mass is 16.6. The fourth-order valence-electron chi connectivity index (χ4n) is 5.10. The summed E-state index contributed by atoms with van der Waals surface area (Å²) in [7, 11) is 0. The van der Waals surface area contributed by atoms with Gasteiger partial charge in [-0.2, -0.15) is 0 Å². The van der Waals surface area contributed by atoms with Crippen molar-refractivity contribution >= 4 is 17.9 Å². The first kappa shape index (κ1) is 35.0. The normalized spacial score (nSPS) is 13.9. The molecule has 0 amide bonds. The first-order chi connectivity index (χ1) is 22.9. The minimum Gasteiger partial charge on any atom is -0.494 e. The molecule has 1 saturated heterocycles. The lowest BCUT2D eigenvalue weighted by molar-refractivity contribution is -0.139. The molecule has 248 valence electrons. The first-order valence-electron chi connectivity index (χ1n) is 16.4. The minimum atomic E-state index is -0.432. The van der Waals surface area contributed by atoms with Crippen LogP contribution >= 0.6 is 0 Å². The highest BCUT2D eigenvalue weighted by Crippen LogP contribution is 2.26. The molecule has 0 saturated carbocycles. The van der Waals surface area contributed by atoms with Crippen molar-refractivity contribution < 1.29 is 38.1 Å². The van der Waals surface area contributed by atoms with Gasteiger partial charge in [0.15, 0.2) is 0 Å². The van der Waals surface area contributed by atoms with Crippen LogP contribution in [0.1, 0.15) is 74.6 Å². The van der Waals surface area contributed by atoms with Gasteiger partial charge in [0.05, 0.1) is 25.4 Å². The van der Waals surface area contributed by atoms with E-state index in [4.69, 9.17) is 23.7 Å². The van der Waals surface area contributed by atoms with Crippen LogP contribution in [0, 0.1) is 0 Å². The van der Waals surface area contributed by atoms with E-state index in [0.29, 0.717) is 48.9 Å². The second-order valence-corrected chi connectivity index (χ2v) is 11.5. The van der Waals surface area contributed by atoms with Crippen molar-refractivity contribution in [3.05, 3.63) is 103 Å². The zero-order valence-electron chi connectivity index (χ0n) is 27.0. The molecule has 8 nitrogen and oxygen atoms in total. The Hall–Kier alpha value is -4.85. The summed E-state index contributed by atoms with van der Waals surface area (Å²) >= 11 is 0. The standard InChI is InChI=1S/C39H44O8/c1-3-37(40)45-27-11-7-6-10-26-43-33-19-13-30(14-20-33)31-15-23-35(24-16-31)46-39(42)32-17-21-34(22-18-32)44-25-9-5-4-8-12-36-28-29(2)38(41)47-36/h3,13-24,36H,1-2,4-12,25-28H2. The average Bonchev–Trinajstić information content (AvgIpc) is 3.42. The van der Waals surface area contributed by atoms with Crippen LogP contribution < -0.4 is 14.2 Å². The Kier molecular flexibility index (Phi) is 14.1. The fraction of sp³-hybridized carbons (Fsp3) is 0.359. The smallest absolute Gasteiger partial charge is 0.343 e. The lowest BCUT2D eigenvalue weighted by Gasteiger charge is -2.10. The number of hydrogen-bond acceptors (Lipinski definition) is 8. The van der Waals surface area contributed by atoms with Crippen molar-refractivity contribution in [2.45, 2.75) is 70.3 Å². The lowest BCUT2D eigenvalue weighted by Crippen LogP contribution is -2.08. The summed E-state index contributed by atoms with van der Waals surface area (Å²) in [5.74, 6) is 0.914. The Morgan fingerprint density at radius 2 is 1.21 bits per heavy atom. The summed E-state index contributed by atoms with van der Waals surface area (Å²) in [4.78, 5) is 35.1. The number of carbonyl (C=O) groups is 3. The monoisotopic (exact) mass is 640 g/mol. The maximum absolute atomic E-state index is 12.7. The first-order valence-corrected chi connectivity index (χ1v) is 16.4. The largest absolute Gasteiger partial charge is 0.494 e. The summed E-state index contributed by atoms with van der Waals surface area (Å²) in [6.07, 6.45) is 10.4. The summed E-state index contributed by atoms with van der Waals surface area (Å²) in [6, 6.07) is 22.3. The van der Waals surface area contributed by atoms with Gasteiger partial charge in [-0.3, -0.25) is 0 Å². The van der Waals surface area contributed by atoms with E-state index < -0.39 is 5.97 Å². The van der Waals surface area contributed by atoms with Crippen LogP contribution in [0.3, 0.4) is 0 Å². The van der Waals surface area contributed by atoms with Crippen LogP contribution in [-0.2, 0) is 19.1 Å². The number of unbranched alkanes of at least 4 members (excludes halogenated alkanes) is 6. The minimum absolute atomic E-state index is 0.0106. The third kappa shape index (κ3) is 12.1. The molecule has 0 N–H and O–H groups in total. The molecule has 0 radical (unpaired) electrons. The summed E-state index contributed by atoms with van der Waals surface area (Å²) in [5, 5.41) is 0. The molecule has 47 heavy (non-hydrogen) atoms. The van der Waals surface area contributed by atoms with Crippen molar-refractivity contribution in [3.8, 4) is 28.4 Å². The summed E-state index contributed by atoms with van der Waals surface area (Å²) < 4.78 is 27.5. The van der Waals surface area contributed by atoms with Gasteiger partial charge in [-0.05, 0) is 105 Å². The summed E-state index contributed by atoms with van der Waals surface area (Å²) in [6.45, 7) is 8.75. The van der Waals surface area contributed by atoms with E-state index in [1.54, 1.807) is 36.4 Å². The highest BCUT2D eigenvalue weighted by molar-refractivity contribution is 5.91. The van der Waals surface area contributed by atoms with Gasteiger partial charge in [0.2, 0.25) is 0 Å². The van der Waals surface area contributed by atoms with E-state index in [-0.39, 0.29) is 18.0 Å². The maximum atomic E-state index is 12.7. The molecule has 3 aromatic rings. The second-order valence-electron chi connectivity index (χ2n) is 11.5. The van der Waals surface area contributed by atoms with Gasteiger partial charge >= 0.3 is 17.9 Å². The van der Waals surface area contributed by atoms with Crippen molar-refractivity contribution in [3.63, 3.8) is 0 Å². The number of benzene rings is 3. The van der Waals surface area contributed by atoms with Gasteiger partial charge < -0.3 is 23.7 Å². The molecular formula is C39H44O8. The molecule has 4 rings (SSSR count). The third-order valence-electron chi connectivity index (χ3n) is 7.79. The van der Waals surface area contributed by atoms with Crippen LogP contribution in [0.2, 0.25) is 0 Å². The van der Waals surface area contributed by atoms with Crippen LogP contribution in [0.4, 0.5) is 0 Å². The quantitative estimate of drug-likeness (QED) is 0.0525. The highest BCUT2D eigenvalue weighted by Gasteiger charge is 2.26. The number of rotatable bonds is 20. The van der Waals surface area contributed by atoms with Gasteiger partial charge in [-0.25, -0.2) is 14.4 Å². The topological polar surface area (TPSA) is 97.4 Å². The van der Waals surface area contributed by atoms with E-state index in [9.17, 15) is 14.4 Å². The third-order valence-corrected chi connectivity index (χ3v) is 7.79. The second kappa shape index (κ2) is 19.0. The zero-order valence-corrected chi connectivity index (χ0v) is 27.0. The fourth-order valence-corrected chi connectivity index (χ4v) is 5.10. The predicted molar refractivity (Wildman–Crippen MR) is 181 cm³/mol. The average molecular weight is 641 g/mol. The molecule has 1 fully saturated rings. The molecule has 0 aliphatic carbocycles. The van der Waals surface area contributed by atoms with Gasteiger partial charge in [-0.1, -0.05) is 50.3 Å². The predicted octanol–water partition coefficient (Wildman–Crippen LogP) is 8.44. The van der Waals surface area contributed by atoms with Crippen molar-refractivity contribution in [1.29, 1.82) is 0 Å². The lowest BCUT2D eigenvalue weighted by atomic mass is 10.1. The SMILES string of the molecule is C=CC(=O)OCCCCCCOc1ccc(-c2ccc(OC(=O)c3ccc(OCCCCCCC4CC(=C)C(=O)O4)cc3)cc2)cc1. The molecular weight excluding hydrogens is 596 g/mol. The molecule has 3 aromatic carbocycles. The molecule has 0 aromatic heterocycles. The molecule has 1 aliphatic heterocycles. The van der Waals surface area contributed by atoms with Gasteiger partial charge in [-0.15, -0.1) is 0 Å². The van der Waals surface area contributed by atoms with E-state index in [1.807, 2.05) is 36.4 Å². The van der Waals surface area contributed by atoms with Crippen molar-refractivity contribution in [2.75, 3.05) is 19.8 Å². The van der Waals surface area contributed by atoms with Crippen molar-refractivity contribution in [2.24, 2.45) is 0 Å². The molecule has 1 atom stereocenters. The van der Waals surface area contributed by atoms with E-state index in [2.05, 4.69) is 13.2 Å². The number of hydrogen-bond donors (Lipinski definition) is 0. The Morgan fingerprint density at radius 3 is 1.74 bits per heavy atom. The maximum Gasteiger partial charge on any atom is 0.343 e. The van der Waals surface area contributed by atoms with E-state index in [1.165, 1.54) is 6.08 Å². The Balaban J connectivity index is 1.09. The molecule has 1 heterocycles. The number of ether oxygens (including phenoxy) is 5. The van der Waals surface area contributed by atoms with Crippen LogP contribution in [-0.4, -0.2) is 43.8 Å². The Labute approximate surface area is 277 Å². The molecule has 0 bridgehead atoms. The van der Waals surface area contributed by atoms with Crippen LogP contribution in [0.5, 0.6) is 17.2 Å². The van der Waals surface area contributed by atoms with E-state index in [0.717, 1.165) is 74.7 Å². The number of esters is 3. The zero-order chi connectivity index (χ0) is 33.3. The molecule has 1 unspecified atom stereocenters. The molecule has 8 heteroatoms. The molecule has 1 aliphatic rings. The Bertz CT molecular complexity index is 1440. The van der Waals surface area contributed by atoms with Crippen molar-refractivity contribution in [1.82, 2.24) is 0 Å². The van der Waals surface area contributed by atoms with Gasteiger partial charge in [0.1, 0.15) is 23.4 Å². The number of cyclic esters (lactones) is 1. The molecule has 0 spiro atoms. The van der Waals surface area contributed by atoms with Gasteiger partial charge in [0, 0.05) is 18.1 Å². The number of carbonyl (C=O) groups excluding carboxylic acids is 3. The summed E-state index contributed by atoms with van der Waals surface area (Å²) in [5.41, 5.74) is 3.05. The van der Waals surface area contributed by atoms with Crippen LogP contribution in [0.25, 0.3) is 11.1 Å². The van der Waals surface area contributed by atoms with Gasteiger partial charge in [0.25, 0.3) is 0 Å².